The highest BCUT2D eigenvalue weighted by Gasteiger charge is 2.05. The van der Waals surface area contributed by atoms with Crippen molar-refractivity contribution in [1.82, 2.24) is 9.78 Å². The maximum Gasteiger partial charge on any atom is 0.132 e. The lowest BCUT2D eigenvalue weighted by Gasteiger charge is -2.08. The Kier molecular flexibility index (Phi) is 5.71. The normalized spacial score (nSPS) is 11.6. The van der Waals surface area contributed by atoms with Gasteiger partial charge in [0.05, 0.1) is 11.6 Å². The molecule has 21 heavy (non-hydrogen) atoms. The molecule has 110 valence electrons. The second kappa shape index (κ2) is 7.75. The maximum atomic E-state index is 5.76. The molecule has 1 unspecified atom stereocenters. The number of hydrogen-bond acceptors (Lipinski definition) is 2. The summed E-state index contributed by atoms with van der Waals surface area (Å²) >= 11 is 5.56. The fraction of sp³-hybridized carbons (Fsp3) is 0.353. The van der Waals surface area contributed by atoms with Crippen molar-refractivity contribution >= 4 is 11.6 Å². The molecule has 1 aromatic carbocycles. The van der Waals surface area contributed by atoms with Crippen LogP contribution < -0.4 is 4.74 Å². The SMILES string of the molecule is CCC(C)n1ccc(COc2cccc(C#CCCl)c2)n1. The van der Waals surface area contributed by atoms with E-state index >= 15 is 0 Å². The van der Waals surface area contributed by atoms with E-state index in [0.29, 0.717) is 18.5 Å². The van der Waals surface area contributed by atoms with E-state index in [-0.39, 0.29) is 0 Å². The molecule has 0 radical (unpaired) electrons. The molecule has 0 aliphatic rings. The molecule has 0 bridgehead atoms. The minimum absolute atomic E-state index is 0.331. The first-order chi connectivity index (χ1) is 10.2. The average molecular weight is 303 g/mol. The van der Waals surface area contributed by atoms with Gasteiger partial charge < -0.3 is 4.74 Å². The predicted octanol–water partition coefficient (Wildman–Crippen LogP) is 4.02. The maximum absolute atomic E-state index is 5.76. The van der Waals surface area contributed by atoms with Crippen LogP contribution in [-0.4, -0.2) is 15.7 Å². The largest absolute Gasteiger partial charge is 0.487 e. The van der Waals surface area contributed by atoms with Gasteiger partial charge in [0.1, 0.15) is 12.4 Å². The summed E-state index contributed by atoms with van der Waals surface area (Å²) in [4.78, 5) is 0. The van der Waals surface area contributed by atoms with Crippen LogP contribution in [0, 0.1) is 11.8 Å². The Morgan fingerprint density at radius 1 is 1.38 bits per heavy atom. The van der Waals surface area contributed by atoms with Crippen LogP contribution >= 0.6 is 11.6 Å². The molecule has 0 saturated carbocycles. The van der Waals surface area contributed by atoms with E-state index < -0.39 is 0 Å². The first kappa shape index (κ1) is 15.5. The molecule has 1 heterocycles. The van der Waals surface area contributed by atoms with E-state index in [2.05, 4.69) is 30.8 Å². The van der Waals surface area contributed by atoms with Crippen LogP contribution in [0.4, 0.5) is 0 Å². The molecule has 0 amide bonds. The lowest BCUT2D eigenvalue weighted by atomic mass is 10.2. The summed E-state index contributed by atoms with van der Waals surface area (Å²) in [5, 5.41) is 4.51. The summed E-state index contributed by atoms with van der Waals surface area (Å²) in [5.41, 5.74) is 1.82. The van der Waals surface area contributed by atoms with Crippen molar-refractivity contribution in [3.8, 4) is 17.6 Å². The van der Waals surface area contributed by atoms with E-state index in [1.54, 1.807) is 0 Å². The number of halogens is 1. The molecule has 0 fully saturated rings. The van der Waals surface area contributed by atoms with Crippen LogP contribution in [0.15, 0.2) is 36.5 Å². The number of rotatable bonds is 5. The zero-order valence-corrected chi connectivity index (χ0v) is 13.1. The van der Waals surface area contributed by atoms with Gasteiger partial charge in [-0.1, -0.05) is 24.8 Å². The molecule has 2 aromatic rings. The van der Waals surface area contributed by atoms with Gasteiger partial charge in [-0.2, -0.15) is 5.10 Å². The minimum Gasteiger partial charge on any atom is -0.487 e. The number of aromatic nitrogens is 2. The quantitative estimate of drug-likeness (QED) is 0.616. The molecule has 0 spiro atoms. The van der Waals surface area contributed by atoms with Crippen LogP contribution in [0.25, 0.3) is 0 Å². The van der Waals surface area contributed by atoms with Crippen molar-refractivity contribution < 1.29 is 4.74 Å². The third-order valence-corrected chi connectivity index (χ3v) is 3.36. The molecular formula is C17H19ClN2O. The molecule has 3 nitrogen and oxygen atoms in total. The molecule has 0 saturated heterocycles. The van der Waals surface area contributed by atoms with Crippen LogP contribution in [0.1, 0.15) is 37.6 Å². The highest BCUT2D eigenvalue weighted by atomic mass is 35.5. The highest BCUT2D eigenvalue weighted by Crippen LogP contribution is 2.15. The lowest BCUT2D eigenvalue weighted by molar-refractivity contribution is 0.298. The summed E-state index contributed by atoms with van der Waals surface area (Å²) < 4.78 is 7.74. The van der Waals surface area contributed by atoms with Crippen molar-refractivity contribution in [2.24, 2.45) is 0 Å². The van der Waals surface area contributed by atoms with E-state index in [4.69, 9.17) is 16.3 Å². The Bertz CT molecular complexity index is 639. The van der Waals surface area contributed by atoms with Crippen molar-refractivity contribution in [3.63, 3.8) is 0 Å². The summed E-state index contributed by atoms with van der Waals surface area (Å²) in [5.74, 6) is 6.93. The second-order valence-electron chi connectivity index (χ2n) is 4.80. The van der Waals surface area contributed by atoms with Crippen LogP contribution in [0.2, 0.25) is 0 Å². The zero-order valence-electron chi connectivity index (χ0n) is 12.3. The molecule has 2 rings (SSSR count). The van der Waals surface area contributed by atoms with Gasteiger partial charge in [-0.15, -0.1) is 11.6 Å². The fourth-order valence-electron chi connectivity index (χ4n) is 1.84. The third kappa shape index (κ3) is 4.54. The van der Waals surface area contributed by atoms with Crippen molar-refractivity contribution in [2.75, 3.05) is 5.88 Å². The van der Waals surface area contributed by atoms with Crippen molar-refractivity contribution in [3.05, 3.63) is 47.8 Å². The molecule has 0 N–H and O–H groups in total. The molecule has 0 aliphatic carbocycles. The topological polar surface area (TPSA) is 27.1 Å². The van der Waals surface area contributed by atoms with E-state index in [9.17, 15) is 0 Å². The smallest absolute Gasteiger partial charge is 0.132 e. The molecule has 1 atom stereocenters. The number of nitrogens with zero attached hydrogens (tertiary/aromatic N) is 2. The van der Waals surface area contributed by atoms with Gasteiger partial charge in [0.2, 0.25) is 0 Å². The highest BCUT2D eigenvalue weighted by molar-refractivity contribution is 6.19. The lowest BCUT2D eigenvalue weighted by Crippen LogP contribution is -2.05. The molecule has 0 aliphatic heterocycles. The third-order valence-electron chi connectivity index (χ3n) is 3.23. The van der Waals surface area contributed by atoms with Crippen LogP contribution in [0.5, 0.6) is 5.75 Å². The predicted molar refractivity (Wildman–Crippen MR) is 85.6 cm³/mol. The Morgan fingerprint density at radius 2 is 2.24 bits per heavy atom. The van der Waals surface area contributed by atoms with Gasteiger partial charge in [0.15, 0.2) is 0 Å². The van der Waals surface area contributed by atoms with Gasteiger partial charge in [-0.3, -0.25) is 4.68 Å². The van der Waals surface area contributed by atoms with E-state index in [1.165, 1.54) is 0 Å². The standard InChI is InChI=1S/C17H19ClN2O/c1-3-14(2)20-11-9-16(19-20)13-21-17-8-4-6-15(12-17)7-5-10-18/h4,6,8-9,11-12,14H,3,10,13H2,1-2H3. The van der Waals surface area contributed by atoms with Crippen LogP contribution in [-0.2, 0) is 6.61 Å². The van der Waals surface area contributed by atoms with Crippen LogP contribution in [0.3, 0.4) is 0 Å². The first-order valence-corrected chi connectivity index (χ1v) is 7.58. The number of benzene rings is 1. The van der Waals surface area contributed by atoms with E-state index in [0.717, 1.165) is 23.4 Å². The Labute approximate surface area is 130 Å². The summed E-state index contributed by atoms with van der Waals surface area (Å²) in [6.45, 7) is 4.75. The first-order valence-electron chi connectivity index (χ1n) is 7.04. The molecule has 4 heteroatoms. The van der Waals surface area contributed by atoms with Gasteiger partial charge in [0, 0.05) is 17.8 Å². The Morgan fingerprint density at radius 3 is 3.00 bits per heavy atom. The monoisotopic (exact) mass is 302 g/mol. The zero-order chi connectivity index (χ0) is 15.1. The van der Waals surface area contributed by atoms with Gasteiger partial charge in [-0.05, 0) is 37.6 Å². The average Bonchev–Trinajstić information content (AvgIpc) is 2.99. The van der Waals surface area contributed by atoms with Gasteiger partial charge in [-0.25, -0.2) is 0 Å². The van der Waals surface area contributed by atoms with Crippen molar-refractivity contribution in [2.45, 2.75) is 32.9 Å². The van der Waals surface area contributed by atoms with E-state index in [1.807, 2.05) is 41.2 Å². The summed E-state index contributed by atoms with van der Waals surface area (Å²) in [6.07, 6.45) is 3.05. The second-order valence-corrected chi connectivity index (χ2v) is 5.06. The van der Waals surface area contributed by atoms with Gasteiger partial charge >= 0.3 is 0 Å². The molecular weight excluding hydrogens is 284 g/mol. The fourth-order valence-corrected chi connectivity index (χ4v) is 1.91. The summed E-state index contributed by atoms with van der Waals surface area (Å²) in [6, 6.07) is 10.1. The van der Waals surface area contributed by atoms with Gasteiger partial charge in [0.25, 0.3) is 0 Å². The number of alkyl halides is 1. The Hall–Kier alpha value is -1.92. The summed E-state index contributed by atoms with van der Waals surface area (Å²) in [7, 11) is 0. The minimum atomic E-state index is 0.331. The Balaban J connectivity index is 1.98. The number of hydrogen-bond donors (Lipinski definition) is 0. The molecule has 1 aromatic heterocycles. The van der Waals surface area contributed by atoms with Crippen molar-refractivity contribution in [1.29, 1.82) is 0 Å². The number of ether oxygens (including phenoxy) is 1.